The van der Waals surface area contributed by atoms with Gasteiger partial charge in [0.15, 0.2) is 0 Å². The zero-order valence-corrected chi connectivity index (χ0v) is 13.6. The molecule has 8 heteroatoms. The first-order valence-electron chi connectivity index (χ1n) is 6.23. The van der Waals surface area contributed by atoms with Crippen molar-refractivity contribution in [2.75, 3.05) is 26.2 Å². The number of hydrogen-bond donors (Lipinski definition) is 1. The van der Waals surface area contributed by atoms with Crippen LogP contribution >= 0.6 is 36.4 Å². The molecule has 1 atom stereocenters. The molecular weight excluding hydrogens is 348 g/mol. The molecule has 0 amide bonds. The summed E-state index contributed by atoms with van der Waals surface area (Å²) in [5.74, 6) is 0. The summed E-state index contributed by atoms with van der Waals surface area (Å²) < 4.78 is 38.3. The molecule has 1 N–H and O–H groups in total. The van der Waals surface area contributed by atoms with Gasteiger partial charge in [-0.1, -0.05) is 23.7 Å². The van der Waals surface area contributed by atoms with Crippen LogP contribution in [0.4, 0.5) is 13.2 Å². The van der Waals surface area contributed by atoms with Crippen molar-refractivity contribution in [2.45, 2.75) is 18.6 Å². The van der Waals surface area contributed by atoms with E-state index in [0.717, 1.165) is 13.1 Å². The Morgan fingerprint density at radius 2 is 1.62 bits per heavy atom. The van der Waals surface area contributed by atoms with E-state index in [1.165, 1.54) is 0 Å². The minimum atomic E-state index is -4.17. The van der Waals surface area contributed by atoms with Gasteiger partial charge in [-0.3, -0.25) is 4.90 Å². The Morgan fingerprint density at radius 1 is 1.10 bits per heavy atom. The summed E-state index contributed by atoms with van der Waals surface area (Å²) in [4.78, 5) is 1.88. The molecule has 0 aromatic heterocycles. The molecule has 1 aromatic carbocycles. The molecule has 122 valence electrons. The summed E-state index contributed by atoms with van der Waals surface area (Å²) in [6.45, 7) is 2.70. The third-order valence-electron chi connectivity index (χ3n) is 3.27. The molecule has 0 aliphatic carbocycles. The van der Waals surface area contributed by atoms with E-state index in [-0.39, 0.29) is 24.8 Å². The van der Waals surface area contributed by atoms with Gasteiger partial charge in [-0.2, -0.15) is 13.2 Å². The average Bonchev–Trinajstić information content (AvgIpc) is 2.37. The van der Waals surface area contributed by atoms with Crippen molar-refractivity contribution in [3.8, 4) is 0 Å². The molecular formula is C13H18Cl3F3N2. The van der Waals surface area contributed by atoms with Crippen LogP contribution in [0.3, 0.4) is 0 Å². The summed E-state index contributed by atoms with van der Waals surface area (Å²) in [5, 5.41) is 3.69. The first kappa shape index (κ1) is 20.8. The Hall–Kier alpha value is -0.200. The number of hydrogen-bond acceptors (Lipinski definition) is 2. The van der Waals surface area contributed by atoms with Crippen LogP contribution in [-0.2, 0) is 0 Å². The van der Waals surface area contributed by atoms with Gasteiger partial charge in [-0.25, -0.2) is 0 Å². The Morgan fingerprint density at radius 3 is 2.10 bits per heavy atom. The molecule has 1 aromatic rings. The lowest BCUT2D eigenvalue weighted by Gasteiger charge is -2.35. The van der Waals surface area contributed by atoms with Crippen LogP contribution in [0.5, 0.6) is 0 Å². The summed E-state index contributed by atoms with van der Waals surface area (Å²) in [7, 11) is 0. The van der Waals surface area contributed by atoms with E-state index in [2.05, 4.69) is 5.32 Å². The molecule has 0 bridgehead atoms. The Bertz CT molecular complexity index is 406. The van der Waals surface area contributed by atoms with Gasteiger partial charge in [0.2, 0.25) is 0 Å². The van der Waals surface area contributed by atoms with Crippen molar-refractivity contribution < 1.29 is 13.2 Å². The zero-order chi connectivity index (χ0) is 13.9. The van der Waals surface area contributed by atoms with Gasteiger partial charge in [0.05, 0.1) is 6.42 Å². The lowest BCUT2D eigenvalue weighted by atomic mass is 10.0. The van der Waals surface area contributed by atoms with E-state index in [9.17, 15) is 13.2 Å². The zero-order valence-electron chi connectivity index (χ0n) is 11.2. The lowest BCUT2D eigenvalue weighted by molar-refractivity contribution is -0.148. The van der Waals surface area contributed by atoms with Crippen molar-refractivity contribution in [2.24, 2.45) is 0 Å². The molecule has 0 unspecified atom stereocenters. The van der Waals surface area contributed by atoms with Crippen molar-refractivity contribution >= 4 is 36.4 Å². The highest BCUT2D eigenvalue weighted by atomic mass is 35.5. The molecule has 1 fully saturated rings. The third kappa shape index (κ3) is 6.61. The second kappa shape index (κ2) is 9.06. The largest absolute Gasteiger partial charge is 0.390 e. The number of nitrogens with zero attached hydrogens (tertiary/aromatic N) is 1. The van der Waals surface area contributed by atoms with Gasteiger partial charge < -0.3 is 5.32 Å². The van der Waals surface area contributed by atoms with Crippen LogP contribution in [0.15, 0.2) is 24.3 Å². The van der Waals surface area contributed by atoms with Crippen LogP contribution < -0.4 is 5.32 Å². The number of rotatable bonds is 3. The Kier molecular flexibility index (Phi) is 8.97. The van der Waals surface area contributed by atoms with E-state index >= 15 is 0 Å². The minimum absolute atomic E-state index is 0. The Labute approximate surface area is 139 Å². The molecule has 2 rings (SSSR count). The topological polar surface area (TPSA) is 15.3 Å². The standard InChI is InChI=1S/C13H16ClF3N2.2ClH/c14-11-3-1-10(2-4-11)12(9-13(15,16)17)19-7-5-18-6-8-19;;/h1-4,12,18H,5-9H2;2*1H/t12-;;/m0../s1. The Balaban J connectivity index is 0.00000200. The molecule has 1 aliphatic rings. The molecule has 0 saturated carbocycles. The average molecular weight is 366 g/mol. The maximum absolute atomic E-state index is 12.8. The van der Waals surface area contributed by atoms with Crippen molar-refractivity contribution in [1.29, 1.82) is 0 Å². The van der Waals surface area contributed by atoms with Crippen molar-refractivity contribution in [3.63, 3.8) is 0 Å². The van der Waals surface area contributed by atoms with E-state index in [4.69, 9.17) is 11.6 Å². The van der Waals surface area contributed by atoms with Gasteiger partial charge in [0.25, 0.3) is 0 Å². The van der Waals surface area contributed by atoms with Gasteiger partial charge in [0.1, 0.15) is 0 Å². The smallest absolute Gasteiger partial charge is 0.314 e. The van der Waals surface area contributed by atoms with Crippen LogP contribution in [0.25, 0.3) is 0 Å². The number of halogens is 6. The lowest BCUT2D eigenvalue weighted by Crippen LogP contribution is -2.46. The van der Waals surface area contributed by atoms with E-state index in [1.807, 2.05) is 4.90 Å². The molecule has 1 saturated heterocycles. The second-order valence-electron chi connectivity index (χ2n) is 4.67. The molecule has 0 radical (unpaired) electrons. The van der Waals surface area contributed by atoms with Crippen LogP contribution in [0.2, 0.25) is 5.02 Å². The summed E-state index contributed by atoms with van der Waals surface area (Å²) >= 11 is 5.79. The summed E-state index contributed by atoms with van der Waals surface area (Å²) in [5.41, 5.74) is 0.670. The quantitative estimate of drug-likeness (QED) is 0.868. The van der Waals surface area contributed by atoms with Gasteiger partial charge in [-0.05, 0) is 17.7 Å². The minimum Gasteiger partial charge on any atom is -0.314 e. The monoisotopic (exact) mass is 364 g/mol. The SMILES string of the molecule is Cl.Cl.FC(F)(F)C[C@@H](c1ccc(Cl)cc1)N1CCNCC1. The maximum Gasteiger partial charge on any atom is 0.390 e. The highest BCUT2D eigenvalue weighted by Gasteiger charge is 2.35. The van der Waals surface area contributed by atoms with Crippen LogP contribution in [-0.4, -0.2) is 37.3 Å². The van der Waals surface area contributed by atoms with Crippen molar-refractivity contribution in [3.05, 3.63) is 34.9 Å². The van der Waals surface area contributed by atoms with Crippen molar-refractivity contribution in [1.82, 2.24) is 10.2 Å². The van der Waals surface area contributed by atoms with Gasteiger partial charge >= 0.3 is 6.18 Å². The number of alkyl halides is 3. The molecule has 0 spiro atoms. The van der Waals surface area contributed by atoms with Crippen LogP contribution in [0.1, 0.15) is 18.0 Å². The van der Waals surface area contributed by atoms with E-state index < -0.39 is 18.6 Å². The fourth-order valence-corrected chi connectivity index (χ4v) is 2.48. The predicted molar refractivity (Wildman–Crippen MR) is 83.8 cm³/mol. The molecule has 1 aliphatic heterocycles. The highest BCUT2D eigenvalue weighted by Crippen LogP contribution is 2.34. The first-order valence-corrected chi connectivity index (χ1v) is 6.60. The van der Waals surface area contributed by atoms with E-state index in [0.29, 0.717) is 23.7 Å². The van der Waals surface area contributed by atoms with Gasteiger partial charge in [0, 0.05) is 37.2 Å². The fraction of sp³-hybridized carbons (Fsp3) is 0.538. The number of nitrogens with one attached hydrogen (secondary N) is 1. The summed E-state index contributed by atoms with van der Waals surface area (Å²) in [6.07, 6.45) is -5.00. The van der Waals surface area contributed by atoms with Crippen LogP contribution in [0, 0.1) is 0 Å². The summed E-state index contributed by atoms with van der Waals surface area (Å²) in [6, 6.07) is 6.02. The third-order valence-corrected chi connectivity index (χ3v) is 3.52. The fourth-order valence-electron chi connectivity index (χ4n) is 2.36. The number of benzene rings is 1. The first-order chi connectivity index (χ1) is 8.96. The maximum atomic E-state index is 12.8. The predicted octanol–water partition coefficient (Wildman–Crippen LogP) is 4.08. The highest BCUT2D eigenvalue weighted by molar-refractivity contribution is 6.30. The second-order valence-corrected chi connectivity index (χ2v) is 5.11. The normalized spacial score (nSPS) is 17.5. The molecule has 2 nitrogen and oxygen atoms in total. The molecule has 21 heavy (non-hydrogen) atoms. The number of piperazine rings is 1. The molecule has 1 heterocycles. The van der Waals surface area contributed by atoms with E-state index in [1.54, 1.807) is 24.3 Å². The van der Waals surface area contributed by atoms with Gasteiger partial charge in [-0.15, -0.1) is 24.8 Å².